The molecule has 0 amide bonds. The molecule has 4 unspecified atom stereocenters. The van der Waals surface area contributed by atoms with Gasteiger partial charge in [0.05, 0.1) is 12.6 Å². The van der Waals surface area contributed by atoms with Crippen LogP contribution in [-0.2, 0) is 9.59 Å². The molecule has 0 aromatic heterocycles. The first kappa shape index (κ1) is 22.6. The SMILES string of the molecule is CC1CC2C3CCC4=CC(=O)C=C[C@]4(C)[C@@]3(F)C(O)C[C@]2(C)[C@@]1(O)C(=O)CN.Cl. The second-order valence-corrected chi connectivity index (χ2v) is 9.80. The van der Waals surface area contributed by atoms with E-state index in [9.17, 15) is 19.8 Å². The molecule has 0 heterocycles. The second kappa shape index (κ2) is 6.71. The van der Waals surface area contributed by atoms with Crippen molar-refractivity contribution in [3.05, 3.63) is 23.8 Å². The highest BCUT2D eigenvalue weighted by Gasteiger charge is 2.75. The maximum atomic E-state index is 16.9. The number of allylic oxidation sites excluding steroid dienone is 4. The summed E-state index contributed by atoms with van der Waals surface area (Å²) in [5, 5.41) is 22.6. The van der Waals surface area contributed by atoms with E-state index >= 15 is 4.39 Å². The zero-order valence-corrected chi connectivity index (χ0v) is 18.0. The number of ketones is 2. The number of nitrogens with two attached hydrogens (primary N) is 1. The zero-order valence-electron chi connectivity index (χ0n) is 17.2. The number of hydrogen-bond donors (Lipinski definition) is 3. The van der Waals surface area contributed by atoms with Crippen LogP contribution in [0.4, 0.5) is 4.39 Å². The normalized spacial score (nSPS) is 50.7. The maximum Gasteiger partial charge on any atom is 0.178 e. The van der Waals surface area contributed by atoms with Crippen molar-refractivity contribution in [3.8, 4) is 0 Å². The number of aliphatic hydroxyl groups excluding tert-OH is 1. The quantitative estimate of drug-likeness (QED) is 0.627. The van der Waals surface area contributed by atoms with Crippen molar-refractivity contribution in [2.45, 2.75) is 63.8 Å². The molecule has 5 nitrogen and oxygen atoms in total. The number of aliphatic hydroxyl groups is 2. The molecule has 0 aromatic rings. The van der Waals surface area contributed by atoms with Gasteiger partial charge in [0.2, 0.25) is 0 Å². The van der Waals surface area contributed by atoms with E-state index in [1.807, 2.05) is 13.8 Å². The van der Waals surface area contributed by atoms with Crippen molar-refractivity contribution < 1.29 is 24.2 Å². The minimum absolute atomic E-state index is 0. The van der Waals surface area contributed by atoms with Gasteiger partial charge in [-0.15, -0.1) is 12.4 Å². The third-order valence-electron chi connectivity index (χ3n) is 8.83. The summed E-state index contributed by atoms with van der Waals surface area (Å²) in [7, 11) is 0. The smallest absolute Gasteiger partial charge is 0.178 e. The Morgan fingerprint density at radius 3 is 2.62 bits per heavy atom. The van der Waals surface area contributed by atoms with Gasteiger partial charge in [0.1, 0.15) is 5.60 Å². The molecule has 0 aromatic carbocycles. The number of hydrogen-bond acceptors (Lipinski definition) is 5. The van der Waals surface area contributed by atoms with Crippen LogP contribution in [0.3, 0.4) is 0 Å². The average Bonchev–Trinajstić information content (AvgIpc) is 2.84. The number of fused-ring (bicyclic) bond motifs is 5. The van der Waals surface area contributed by atoms with E-state index in [1.165, 1.54) is 12.2 Å². The first-order chi connectivity index (χ1) is 13.0. The fraction of sp³-hybridized carbons (Fsp3) is 0.727. The molecule has 7 heteroatoms. The van der Waals surface area contributed by atoms with Gasteiger partial charge in [-0.05, 0) is 56.6 Å². The van der Waals surface area contributed by atoms with Crippen molar-refractivity contribution >= 4 is 24.0 Å². The molecule has 3 fully saturated rings. The molecule has 0 aliphatic heterocycles. The number of carbonyl (C=O) groups excluding carboxylic acids is 2. The predicted octanol–water partition coefficient (Wildman–Crippen LogP) is 2.28. The van der Waals surface area contributed by atoms with Crippen molar-refractivity contribution in [3.63, 3.8) is 0 Å². The lowest BCUT2D eigenvalue weighted by Crippen LogP contribution is -2.69. The van der Waals surface area contributed by atoms with Crippen molar-refractivity contribution in [2.75, 3.05) is 6.54 Å². The fourth-order valence-electron chi connectivity index (χ4n) is 7.30. The van der Waals surface area contributed by atoms with Gasteiger partial charge in [0.25, 0.3) is 0 Å². The van der Waals surface area contributed by atoms with Crippen molar-refractivity contribution in [1.29, 1.82) is 0 Å². The Morgan fingerprint density at radius 1 is 1.34 bits per heavy atom. The standard InChI is InChI=1S/C22H30FNO4.ClH/c1-12-8-16-15-5-4-13-9-14(25)6-7-19(13,2)21(15,23)17(26)10-20(16,3)22(12,28)18(27)11-24;/h6-7,9,12,15-17,26,28H,4-5,8,10-11,24H2,1-3H3;1H/t12?,15?,16?,17?,19-,20-,21-,22-;/m0./s1. The summed E-state index contributed by atoms with van der Waals surface area (Å²) in [4.78, 5) is 24.5. The Kier molecular flexibility index (Phi) is 5.23. The number of carbonyl (C=O) groups is 2. The highest BCUT2D eigenvalue weighted by atomic mass is 35.5. The van der Waals surface area contributed by atoms with Gasteiger partial charge < -0.3 is 15.9 Å². The van der Waals surface area contributed by atoms with Gasteiger partial charge >= 0.3 is 0 Å². The topological polar surface area (TPSA) is 101 Å². The minimum atomic E-state index is -1.95. The summed E-state index contributed by atoms with van der Waals surface area (Å²) in [6, 6.07) is 0. The van der Waals surface area contributed by atoms with Crippen LogP contribution in [0, 0.1) is 28.6 Å². The van der Waals surface area contributed by atoms with Crippen LogP contribution in [0.1, 0.15) is 46.5 Å². The monoisotopic (exact) mass is 427 g/mol. The van der Waals surface area contributed by atoms with Crippen LogP contribution < -0.4 is 5.73 Å². The van der Waals surface area contributed by atoms with Crippen LogP contribution in [-0.4, -0.2) is 45.7 Å². The highest BCUT2D eigenvalue weighted by Crippen LogP contribution is 2.70. The van der Waals surface area contributed by atoms with Gasteiger partial charge in [0, 0.05) is 16.7 Å². The third kappa shape index (κ3) is 2.43. The lowest BCUT2D eigenvalue weighted by atomic mass is 9.44. The van der Waals surface area contributed by atoms with Crippen LogP contribution in [0.2, 0.25) is 0 Å². The van der Waals surface area contributed by atoms with Gasteiger partial charge in [-0.3, -0.25) is 9.59 Å². The van der Waals surface area contributed by atoms with Crippen LogP contribution in [0.15, 0.2) is 23.8 Å². The molecule has 162 valence electrons. The van der Waals surface area contributed by atoms with E-state index < -0.39 is 39.9 Å². The number of alkyl halides is 1. The average molecular weight is 428 g/mol. The molecule has 8 atom stereocenters. The lowest BCUT2D eigenvalue weighted by Gasteiger charge is -2.62. The minimum Gasteiger partial charge on any atom is -0.390 e. The zero-order chi connectivity index (χ0) is 20.7. The summed E-state index contributed by atoms with van der Waals surface area (Å²) >= 11 is 0. The predicted molar refractivity (Wildman–Crippen MR) is 109 cm³/mol. The van der Waals surface area contributed by atoms with Gasteiger partial charge in [0.15, 0.2) is 17.2 Å². The molecule has 4 aliphatic carbocycles. The van der Waals surface area contributed by atoms with Gasteiger partial charge in [-0.25, -0.2) is 4.39 Å². The first-order valence-corrected chi connectivity index (χ1v) is 10.2. The highest BCUT2D eigenvalue weighted by molar-refractivity contribution is 6.01. The van der Waals surface area contributed by atoms with E-state index in [4.69, 9.17) is 5.73 Å². The summed E-state index contributed by atoms with van der Waals surface area (Å²) in [5.41, 5.74) is 0.711. The number of rotatable bonds is 2. The van der Waals surface area contributed by atoms with Crippen LogP contribution in [0.5, 0.6) is 0 Å². The third-order valence-corrected chi connectivity index (χ3v) is 8.83. The van der Waals surface area contributed by atoms with Crippen molar-refractivity contribution in [2.24, 2.45) is 34.3 Å². The lowest BCUT2D eigenvalue weighted by molar-refractivity contribution is -0.218. The second-order valence-electron chi connectivity index (χ2n) is 9.80. The van der Waals surface area contributed by atoms with Gasteiger partial charge in [-0.2, -0.15) is 0 Å². The molecule has 4 N–H and O–H groups in total. The molecule has 3 saturated carbocycles. The summed E-state index contributed by atoms with van der Waals surface area (Å²) in [6.07, 6.45) is 4.70. The van der Waals surface area contributed by atoms with Crippen LogP contribution >= 0.6 is 12.4 Å². The molecule has 4 aliphatic rings. The van der Waals surface area contributed by atoms with E-state index in [2.05, 4.69) is 0 Å². The summed E-state index contributed by atoms with van der Waals surface area (Å²) in [6.45, 7) is 5.11. The molecule has 0 spiro atoms. The van der Waals surface area contributed by atoms with E-state index in [0.29, 0.717) is 19.3 Å². The Balaban J connectivity index is 0.00000240. The van der Waals surface area contributed by atoms with Crippen LogP contribution in [0.25, 0.3) is 0 Å². The molecular weight excluding hydrogens is 397 g/mol. The fourth-order valence-corrected chi connectivity index (χ4v) is 7.30. The number of Topliss-reactive ketones (excluding diaryl/α,β-unsaturated/α-hetero) is 1. The summed E-state index contributed by atoms with van der Waals surface area (Å²) in [5.74, 6) is -1.71. The molecular formula is C22H31ClFNO4. The van der Waals surface area contributed by atoms with E-state index in [-0.39, 0.29) is 43.0 Å². The Morgan fingerprint density at radius 2 is 2.00 bits per heavy atom. The Labute approximate surface area is 177 Å². The van der Waals surface area contributed by atoms with Gasteiger partial charge in [-0.1, -0.05) is 25.5 Å². The molecule has 29 heavy (non-hydrogen) atoms. The largest absolute Gasteiger partial charge is 0.390 e. The Bertz CT molecular complexity index is 815. The molecule has 0 bridgehead atoms. The first-order valence-electron chi connectivity index (χ1n) is 10.2. The Hall–Kier alpha value is -1.08. The van der Waals surface area contributed by atoms with E-state index in [1.54, 1.807) is 13.0 Å². The van der Waals surface area contributed by atoms with Crippen molar-refractivity contribution in [1.82, 2.24) is 0 Å². The number of halogens is 2. The summed E-state index contributed by atoms with van der Waals surface area (Å²) < 4.78 is 16.9. The van der Waals surface area contributed by atoms with E-state index in [0.717, 1.165) is 5.57 Å². The maximum absolute atomic E-state index is 16.9. The molecule has 0 saturated heterocycles. The molecule has 0 radical (unpaired) electrons. The molecule has 4 rings (SSSR count).